The Morgan fingerprint density at radius 2 is 1.58 bits per heavy atom. The fourth-order valence-electron chi connectivity index (χ4n) is 3.36. The Morgan fingerprint density at radius 1 is 1.11 bits per heavy atom. The lowest BCUT2D eigenvalue weighted by Gasteiger charge is -2.48. The Labute approximate surface area is 119 Å². The van der Waals surface area contributed by atoms with Crippen LogP contribution in [0.25, 0.3) is 0 Å². The van der Waals surface area contributed by atoms with Crippen molar-refractivity contribution in [2.24, 2.45) is 17.6 Å². The minimum Gasteiger partial charge on any atom is -0.381 e. The summed E-state index contributed by atoms with van der Waals surface area (Å²) >= 11 is 0. The molecule has 0 unspecified atom stereocenters. The third kappa shape index (κ3) is 4.73. The lowest BCUT2D eigenvalue weighted by atomic mass is 9.78. The zero-order chi connectivity index (χ0) is 14.5. The van der Waals surface area contributed by atoms with Crippen molar-refractivity contribution in [3.05, 3.63) is 0 Å². The lowest BCUT2D eigenvalue weighted by Crippen LogP contribution is -2.58. The standard InChI is InChI=1S/C16H34N2O/c1-13(2)10-18(11-14(3)4)16(12-17)8-6-15(19-5)7-9-16/h13-15H,6-12,17H2,1-5H3. The number of ether oxygens (including phenoxy) is 1. The van der Waals surface area contributed by atoms with Crippen LogP contribution in [-0.2, 0) is 4.74 Å². The van der Waals surface area contributed by atoms with Crippen LogP contribution in [0.5, 0.6) is 0 Å². The highest BCUT2D eigenvalue weighted by atomic mass is 16.5. The second kappa shape index (κ2) is 7.61. The topological polar surface area (TPSA) is 38.5 Å². The summed E-state index contributed by atoms with van der Waals surface area (Å²) in [6, 6.07) is 0. The predicted molar refractivity (Wildman–Crippen MR) is 82.3 cm³/mol. The van der Waals surface area contributed by atoms with Gasteiger partial charge in [-0.05, 0) is 37.5 Å². The van der Waals surface area contributed by atoms with E-state index in [4.69, 9.17) is 10.5 Å². The summed E-state index contributed by atoms with van der Waals surface area (Å²) < 4.78 is 5.51. The molecule has 0 heterocycles. The van der Waals surface area contributed by atoms with Crippen LogP contribution in [0, 0.1) is 11.8 Å². The molecule has 0 radical (unpaired) electrons. The van der Waals surface area contributed by atoms with E-state index in [1.54, 1.807) is 0 Å². The Bertz CT molecular complexity index is 235. The van der Waals surface area contributed by atoms with Gasteiger partial charge in [0.25, 0.3) is 0 Å². The van der Waals surface area contributed by atoms with Crippen molar-refractivity contribution < 1.29 is 4.74 Å². The molecule has 0 aliphatic heterocycles. The van der Waals surface area contributed by atoms with Gasteiger partial charge in [0.15, 0.2) is 0 Å². The van der Waals surface area contributed by atoms with Crippen molar-refractivity contribution in [3.63, 3.8) is 0 Å². The Kier molecular flexibility index (Phi) is 6.78. The highest BCUT2D eigenvalue weighted by Crippen LogP contribution is 2.35. The molecular formula is C16H34N2O. The van der Waals surface area contributed by atoms with Crippen LogP contribution >= 0.6 is 0 Å². The largest absolute Gasteiger partial charge is 0.381 e. The van der Waals surface area contributed by atoms with Gasteiger partial charge in [-0.3, -0.25) is 4.90 Å². The lowest BCUT2D eigenvalue weighted by molar-refractivity contribution is -0.0159. The number of rotatable bonds is 7. The number of hydrogen-bond donors (Lipinski definition) is 1. The van der Waals surface area contributed by atoms with Gasteiger partial charge in [0.05, 0.1) is 6.10 Å². The SMILES string of the molecule is COC1CCC(CN)(N(CC(C)C)CC(C)C)CC1. The molecule has 0 aromatic heterocycles. The van der Waals surface area contributed by atoms with Gasteiger partial charge in [-0.1, -0.05) is 27.7 Å². The second-order valence-corrected chi connectivity index (χ2v) is 7.06. The van der Waals surface area contributed by atoms with Crippen LogP contribution in [-0.4, -0.2) is 43.3 Å². The van der Waals surface area contributed by atoms with Crippen LogP contribution in [0.15, 0.2) is 0 Å². The molecule has 1 aliphatic rings. The van der Waals surface area contributed by atoms with Crippen LogP contribution in [0.4, 0.5) is 0 Å². The van der Waals surface area contributed by atoms with E-state index in [-0.39, 0.29) is 5.54 Å². The van der Waals surface area contributed by atoms with Gasteiger partial charge in [0.2, 0.25) is 0 Å². The maximum atomic E-state index is 6.19. The van der Waals surface area contributed by atoms with E-state index in [0.717, 1.165) is 32.5 Å². The summed E-state index contributed by atoms with van der Waals surface area (Å²) in [5.41, 5.74) is 6.41. The monoisotopic (exact) mass is 270 g/mol. The van der Waals surface area contributed by atoms with Gasteiger partial charge >= 0.3 is 0 Å². The molecular weight excluding hydrogens is 236 g/mol. The molecule has 0 spiro atoms. The molecule has 114 valence electrons. The van der Waals surface area contributed by atoms with Gasteiger partial charge in [0.1, 0.15) is 0 Å². The summed E-state index contributed by atoms with van der Waals surface area (Å²) in [6.07, 6.45) is 5.11. The number of nitrogens with two attached hydrogens (primary N) is 1. The summed E-state index contributed by atoms with van der Waals surface area (Å²) in [7, 11) is 1.83. The van der Waals surface area contributed by atoms with Crippen molar-refractivity contribution >= 4 is 0 Å². The first kappa shape index (κ1) is 16.9. The van der Waals surface area contributed by atoms with Gasteiger partial charge in [0, 0.05) is 32.3 Å². The van der Waals surface area contributed by atoms with Crippen molar-refractivity contribution in [2.75, 3.05) is 26.7 Å². The second-order valence-electron chi connectivity index (χ2n) is 7.06. The quantitative estimate of drug-likeness (QED) is 0.773. The normalized spacial score (nSPS) is 28.6. The molecule has 19 heavy (non-hydrogen) atoms. The van der Waals surface area contributed by atoms with E-state index in [1.807, 2.05) is 7.11 Å². The summed E-state index contributed by atoms with van der Waals surface area (Å²) in [5, 5.41) is 0. The third-order valence-corrected chi connectivity index (χ3v) is 4.42. The van der Waals surface area contributed by atoms with Crippen molar-refractivity contribution in [2.45, 2.75) is 65.0 Å². The predicted octanol–water partition coefficient (Wildman–Crippen LogP) is 2.89. The molecule has 1 aliphatic carbocycles. The number of hydrogen-bond acceptors (Lipinski definition) is 3. The molecule has 3 heteroatoms. The molecule has 0 bridgehead atoms. The third-order valence-electron chi connectivity index (χ3n) is 4.42. The first-order valence-electron chi connectivity index (χ1n) is 7.91. The van der Waals surface area contributed by atoms with E-state index in [0.29, 0.717) is 17.9 Å². The van der Waals surface area contributed by atoms with E-state index in [2.05, 4.69) is 32.6 Å². The summed E-state index contributed by atoms with van der Waals surface area (Å²) in [4.78, 5) is 2.67. The van der Waals surface area contributed by atoms with E-state index < -0.39 is 0 Å². The molecule has 1 fully saturated rings. The molecule has 3 nitrogen and oxygen atoms in total. The molecule has 2 N–H and O–H groups in total. The summed E-state index contributed by atoms with van der Waals surface area (Å²) in [6.45, 7) is 12.3. The van der Waals surface area contributed by atoms with Crippen LogP contribution in [0.3, 0.4) is 0 Å². The van der Waals surface area contributed by atoms with Gasteiger partial charge in [-0.25, -0.2) is 0 Å². The Morgan fingerprint density at radius 3 is 1.89 bits per heavy atom. The van der Waals surface area contributed by atoms with Crippen LogP contribution < -0.4 is 5.73 Å². The Hall–Kier alpha value is -0.120. The van der Waals surface area contributed by atoms with Gasteiger partial charge in [-0.2, -0.15) is 0 Å². The molecule has 0 aromatic rings. The fourth-order valence-corrected chi connectivity index (χ4v) is 3.36. The maximum Gasteiger partial charge on any atom is 0.0572 e. The van der Waals surface area contributed by atoms with Crippen molar-refractivity contribution in [3.8, 4) is 0 Å². The van der Waals surface area contributed by atoms with Crippen LogP contribution in [0.1, 0.15) is 53.4 Å². The minimum atomic E-state index is 0.212. The fraction of sp³-hybridized carbons (Fsp3) is 1.00. The first-order chi connectivity index (χ1) is 8.93. The smallest absolute Gasteiger partial charge is 0.0572 e. The van der Waals surface area contributed by atoms with E-state index in [9.17, 15) is 0 Å². The van der Waals surface area contributed by atoms with Crippen molar-refractivity contribution in [1.82, 2.24) is 4.90 Å². The van der Waals surface area contributed by atoms with Crippen LogP contribution in [0.2, 0.25) is 0 Å². The molecule has 0 atom stereocenters. The van der Waals surface area contributed by atoms with Crippen molar-refractivity contribution in [1.29, 1.82) is 0 Å². The first-order valence-corrected chi connectivity index (χ1v) is 7.91. The zero-order valence-electron chi connectivity index (χ0n) is 13.6. The van der Waals surface area contributed by atoms with Gasteiger partial charge in [-0.15, -0.1) is 0 Å². The molecule has 1 saturated carbocycles. The molecule has 0 aromatic carbocycles. The number of methoxy groups -OCH3 is 1. The average Bonchev–Trinajstić information content (AvgIpc) is 2.37. The maximum absolute atomic E-state index is 6.19. The molecule has 0 saturated heterocycles. The molecule has 0 amide bonds. The molecule has 1 rings (SSSR count). The highest BCUT2D eigenvalue weighted by molar-refractivity contribution is 4.96. The highest BCUT2D eigenvalue weighted by Gasteiger charge is 2.39. The average molecular weight is 270 g/mol. The van der Waals surface area contributed by atoms with E-state index >= 15 is 0 Å². The zero-order valence-corrected chi connectivity index (χ0v) is 13.6. The van der Waals surface area contributed by atoms with Gasteiger partial charge < -0.3 is 10.5 Å². The summed E-state index contributed by atoms with van der Waals surface area (Å²) in [5.74, 6) is 1.39. The van der Waals surface area contributed by atoms with E-state index in [1.165, 1.54) is 12.8 Å². The number of nitrogens with zero attached hydrogens (tertiary/aromatic N) is 1. The Balaban J connectivity index is 2.76. The minimum absolute atomic E-state index is 0.212.